The summed E-state index contributed by atoms with van der Waals surface area (Å²) in [5.41, 5.74) is 7.93. The average molecular weight is 222 g/mol. The number of nitrogens with two attached hydrogens (primary N) is 1. The van der Waals surface area contributed by atoms with Crippen LogP contribution in [-0.2, 0) is 6.42 Å². The third-order valence-corrected chi connectivity index (χ3v) is 3.22. The van der Waals surface area contributed by atoms with Crippen LogP contribution < -0.4 is 10.6 Å². The molecule has 88 valence electrons. The van der Waals surface area contributed by atoms with Crippen LogP contribution in [0.5, 0.6) is 0 Å². The van der Waals surface area contributed by atoms with Gasteiger partial charge in [0.25, 0.3) is 0 Å². The zero-order valence-corrected chi connectivity index (χ0v) is 9.91. The first-order valence-corrected chi connectivity index (χ1v) is 5.90. The molecule has 0 bridgehead atoms. The first-order valence-electron chi connectivity index (χ1n) is 5.90. The van der Waals surface area contributed by atoms with Gasteiger partial charge in [0.1, 0.15) is 5.82 Å². The second-order valence-electron chi connectivity index (χ2n) is 4.71. The van der Waals surface area contributed by atoms with Crippen LogP contribution in [0.4, 0.5) is 10.1 Å². The van der Waals surface area contributed by atoms with Crippen molar-refractivity contribution in [2.45, 2.75) is 38.8 Å². The molecular weight excluding hydrogens is 203 g/mol. The summed E-state index contributed by atoms with van der Waals surface area (Å²) in [6.45, 7) is 5.02. The average Bonchev–Trinajstić information content (AvgIpc) is 2.55. The molecule has 0 fully saturated rings. The number of fused-ring (bicyclic) bond motifs is 1. The van der Waals surface area contributed by atoms with Crippen molar-refractivity contribution in [3.8, 4) is 0 Å². The van der Waals surface area contributed by atoms with Gasteiger partial charge in [0.2, 0.25) is 0 Å². The molecule has 1 aliphatic rings. The van der Waals surface area contributed by atoms with Crippen molar-refractivity contribution in [3.63, 3.8) is 0 Å². The van der Waals surface area contributed by atoms with Gasteiger partial charge < -0.3 is 10.6 Å². The Balaban J connectivity index is 2.33. The monoisotopic (exact) mass is 222 g/mol. The molecule has 2 rings (SSSR count). The maximum atomic E-state index is 13.2. The highest BCUT2D eigenvalue weighted by Crippen LogP contribution is 2.35. The molecule has 0 aliphatic carbocycles. The molecule has 1 aliphatic heterocycles. The summed E-state index contributed by atoms with van der Waals surface area (Å²) in [7, 11) is 0. The van der Waals surface area contributed by atoms with E-state index in [0.29, 0.717) is 18.6 Å². The highest BCUT2D eigenvalue weighted by molar-refractivity contribution is 5.60. The zero-order valence-electron chi connectivity index (χ0n) is 9.91. The molecule has 1 unspecified atom stereocenters. The van der Waals surface area contributed by atoms with E-state index in [1.54, 1.807) is 12.1 Å². The topological polar surface area (TPSA) is 29.3 Å². The van der Waals surface area contributed by atoms with Crippen LogP contribution in [0, 0.1) is 5.82 Å². The lowest BCUT2D eigenvalue weighted by molar-refractivity contribution is 0.541. The van der Waals surface area contributed by atoms with Crippen LogP contribution in [0.25, 0.3) is 0 Å². The molecule has 0 saturated carbocycles. The summed E-state index contributed by atoms with van der Waals surface area (Å²) in [6.07, 6.45) is 1.89. The third-order valence-electron chi connectivity index (χ3n) is 3.22. The molecule has 1 heterocycles. The quantitative estimate of drug-likeness (QED) is 0.850. The largest absolute Gasteiger partial charge is 0.366 e. The summed E-state index contributed by atoms with van der Waals surface area (Å²) in [5.74, 6) is -0.143. The fourth-order valence-electron chi connectivity index (χ4n) is 2.65. The van der Waals surface area contributed by atoms with Crippen molar-refractivity contribution in [3.05, 3.63) is 29.6 Å². The van der Waals surface area contributed by atoms with Crippen LogP contribution >= 0.6 is 0 Å². The molecule has 0 spiro atoms. The normalized spacial score (nSPS) is 19.3. The number of benzene rings is 1. The van der Waals surface area contributed by atoms with E-state index in [4.69, 9.17) is 5.73 Å². The Labute approximate surface area is 96.2 Å². The minimum atomic E-state index is -0.143. The molecule has 1 aromatic carbocycles. The van der Waals surface area contributed by atoms with E-state index >= 15 is 0 Å². The molecule has 1 aromatic rings. The summed E-state index contributed by atoms with van der Waals surface area (Å²) < 4.78 is 13.2. The highest BCUT2D eigenvalue weighted by Gasteiger charge is 2.30. The van der Waals surface area contributed by atoms with Gasteiger partial charge in [-0.1, -0.05) is 0 Å². The van der Waals surface area contributed by atoms with Crippen LogP contribution in [0.15, 0.2) is 18.2 Å². The van der Waals surface area contributed by atoms with Crippen molar-refractivity contribution in [2.24, 2.45) is 5.73 Å². The van der Waals surface area contributed by atoms with E-state index in [1.807, 2.05) is 6.07 Å². The van der Waals surface area contributed by atoms with E-state index in [-0.39, 0.29) is 5.82 Å². The van der Waals surface area contributed by atoms with Crippen LogP contribution in [0.2, 0.25) is 0 Å². The molecule has 0 radical (unpaired) electrons. The highest BCUT2D eigenvalue weighted by atomic mass is 19.1. The molecule has 3 heteroatoms. The minimum absolute atomic E-state index is 0.143. The van der Waals surface area contributed by atoms with Gasteiger partial charge in [-0.05, 0) is 57.0 Å². The second kappa shape index (κ2) is 4.42. The number of rotatable bonds is 3. The number of halogens is 1. The maximum absolute atomic E-state index is 13.2. The lowest BCUT2D eigenvalue weighted by Gasteiger charge is -2.31. The fraction of sp³-hybridized carbons (Fsp3) is 0.538. The molecule has 0 saturated heterocycles. The number of hydrogen-bond acceptors (Lipinski definition) is 2. The lowest BCUT2D eigenvalue weighted by Crippen LogP contribution is -2.38. The maximum Gasteiger partial charge on any atom is 0.123 e. The van der Waals surface area contributed by atoms with Crippen LogP contribution in [-0.4, -0.2) is 18.6 Å². The predicted molar refractivity (Wildman–Crippen MR) is 65.2 cm³/mol. The molecule has 0 amide bonds. The van der Waals surface area contributed by atoms with E-state index in [9.17, 15) is 4.39 Å². The van der Waals surface area contributed by atoms with Gasteiger partial charge >= 0.3 is 0 Å². The Morgan fingerprint density at radius 2 is 2.25 bits per heavy atom. The standard InChI is InChI=1S/C13H19FN2/c1-9(2)16-12(5-6-15)8-10-7-11(14)3-4-13(10)16/h3-4,7,9,12H,5-6,8,15H2,1-2H3. The first kappa shape index (κ1) is 11.4. The van der Waals surface area contributed by atoms with Gasteiger partial charge in [-0.25, -0.2) is 4.39 Å². The van der Waals surface area contributed by atoms with E-state index in [2.05, 4.69) is 18.7 Å². The van der Waals surface area contributed by atoms with Crippen molar-refractivity contribution >= 4 is 5.69 Å². The van der Waals surface area contributed by atoms with Gasteiger partial charge in [-0.15, -0.1) is 0 Å². The van der Waals surface area contributed by atoms with Gasteiger partial charge in [0.15, 0.2) is 0 Å². The van der Waals surface area contributed by atoms with Gasteiger partial charge in [-0.3, -0.25) is 0 Å². The zero-order chi connectivity index (χ0) is 11.7. The number of nitrogens with zero attached hydrogens (tertiary/aromatic N) is 1. The van der Waals surface area contributed by atoms with E-state index in [0.717, 1.165) is 18.4 Å². The Morgan fingerprint density at radius 1 is 1.50 bits per heavy atom. The van der Waals surface area contributed by atoms with Crippen molar-refractivity contribution in [1.82, 2.24) is 0 Å². The first-order chi connectivity index (χ1) is 7.63. The molecular formula is C13H19FN2. The fourth-order valence-corrected chi connectivity index (χ4v) is 2.65. The van der Waals surface area contributed by atoms with Crippen LogP contribution in [0.3, 0.4) is 0 Å². The van der Waals surface area contributed by atoms with Crippen LogP contribution in [0.1, 0.15) is 25.8 Å². The Kier molecular flexibility index (Phi) is 3.15. The SMILES string of the molecule is CC(C)N1c2ccc(F)cc2CC1CCN. The Hall–Kier alpha value is -1.09. The van der Waals surface area contributed by atoms with Gasteiger partial charge in [0.05, 0.1) is 0 Å². The Morgan fingerprint density at radius 3 is 2.88 bits per heavy atom. The predicted octanol–water partition coefficient (Wildman–Crippen LogP) is 2.31. The van der Waals surface area contributed by atoms with Crippen molar-refractivity contribution in [1.29, 1.82) is 0 Å². The molecule has 2 N–H and O–H groups in total. The molecule has 16 heavy (non-hydrogen) atoms. The summed E-state index contributed by atoms with van der Waals surface area (Å²) in [4.78, 5) is 2.36. The third kappa shape index (κ3) is 1.92. The van der Waals surface area contributed by atoms with Crippen molar-refractivity contribution in [2.75, 3.05) is 11.4 Å². The molecule has 0 aromatic heterocycles. The van der Waals surface area contributed by atoms with E-state index < -0.39 is 0 Å². The van der Waals surface area contributed by atoms with E-state index in [1.165, 1.54) is 5.69 Å². The van der Waals surface area contributed by atoms with Gasteiger partial charge in [-0.2, -0.15) is 0 Å². The second-order valence-corrected chi connectivity index (χ2v) is 4.71. The summed E-state index contributed by atoms with van der Waals surface area (Å²) in [5, 5.41) is 0. The van der Waals surface area contributed by atoms with Crippen molar-refractivity contribution < 1.29 is 4.39 Å². The van der Waals surface area contributed by atoms with Gasteiger partial charge in [0, 0.05) is 17.8 Å². The Bertz CT molecular complexity index is 376. The summed E-state index contributed by atoms with van der Waals surface area (Å²) in [6, 6.07) is 5.95. The number of anilines is 1. The molecule has 1 atom stereocenters. The summed E-state index contributed by atoms with van der Waals surface area (Å²) >= 11 is 0. The minimum Gasteiger partial charge on any atom is -0.366 e. The number of hydrogen-bond donors (Lipinski definition) is 1. The molecule has 2 nitrogen and oxygen atoms in total. The lowest BCUT2D eigenvalue weighted by atomic mass is 10.1. The smallest absolute Gasteiger partial charge is 0.123 e.